The number of carbonyl (C=O) groups is 3. The third-order valence-electron chi connectivity index (χ3n) is 16.9. The zero-order valence-electron chi connectivity index (χ0n) is 67.3. The van der Waals surface area contributed by atoms with Crippen LogP contribution in [0, 0.1) is 23.4 Å². The number of pyridine rings is 3. The lowest BCUT2D eigenvalue weighted by Gasteiger charge is -2.25. The molecule has 0 unspecified atom stereocenters. The zero-order valence-corrected chi connectivity index (χ0v) is 67.3. The average molecular weight is 1550 g/mol. The number of nitrogens with two attached hydrogens (primary N) is 1. The quantitative estimate of drug-likeness (QED) is 0.0436. The zero-order chi connectivity index (χ0) is 82.6. The topological polar surface area (TPSA) is 367 Å². The van der Waals surface area contributed by atoms with Crippen LogP contribution >= 0.6 is 0 Å². The minimum absolute atomic E-state index is 0.115. The fraction of sp³-hybridized carbons (Fsp3) is 0.392. The SMILES string of the molecule is CC(C)CN(C)c1nc2cc(C(=O)Nc3cccc(-c4nncn4C(C)C)n3)c(F)cc2nc1OC(C)C.CC(C)Oc1nc2cc(F)c(C(=O)Nc3cccc(-c4nncn4C(C)C)n3)cc2nc1N(C)C(C)C.CC(C)Oc1nc2cc(F)c(C(=O)O)cc2nc1N(C)C(C)C.CC(C)n1cnnc1-c1cccc(N)n1. The maximum Gasteiger partial charge on any atom is 0.338 e. The summed E-state index contributed by atoms with van der Waals surface area (Å²) in [7, 11) is 5.62. The molecule has 9 aromatic heterocycles. The van der Waals surface area contributed by atoms with Gasteiger partial charge in [0.1, 0.15) is 71.0 Å². The van der Waals surface area contributed by atoms with Crippen LogP contribution in [-0.2, 0) is 0 Å². The van der Waals surface area contributed by atoms with Crippen LogP contribution < -0.4 is 45.3 Å². The number of carboxylic acids is 1. The summed E-state index contributed by atoms with van der Waals surface area (Å²) in [5, 5.41) is 38.5. The second-order valence-corrected chi connectivity index (χ2v) is 29.1. The lowest BCUT2D eigenvalue weighted by molar-refractivity contribution is 0.0691. The van der Waals surface area contributed by atoms with E-state index in [2.05, 4.69) is 109 Å². The molecule has 0 atom stereocenters. The highest BCUT2D eigenvalue weighted by atomic mass is 19.1. The van der Waals surface area contributed by atoms with Gasteiger partial charge in [0.15, 0.2) is 34.9 Å². The van der Waals surface area contributed by atoms with Crippen LogP contribution in [0.2, 0.25) is 0 Å². The number of ether oxygens (including phenoxy) is 3. The van der Waals surface area contributed by atoms with Crippen LogP contribution in [-0.4, -0.2) is 170 Å². The van der Waals surface area contributed by atoms with E-state index in [1.54, 1.807) is 61.4 Å². The first-order valence-electron chi connectivity index (χ1n) is 36.9. The Morgan fingerprint density at radius 3 is 1.08 bits per heavy atom. The van der Waals surface area contributed by atoms with Crippen LogP contribution in [0.1, 0.15) is 174 Å². The Balaban J connectivity index is 0.000000182. The summed E-state index contributed by atoms with van der Waals surface area (Å²) in [6, 6.07) is 24.0. The summed E-state index contributed by atoms with van der Waals surface area (Å²) in [5.74, 6) is 0.782. The first-order valence-corrected chi connectivity index (χ1v) is 36.9. The Hall–Kier alpha value is -12.7. The molecule has 31 nitrogen and oxygen atoms in total. The van der Waals surface area contributed by atoms with Gasteiger partial charge in [0, 0.05) is 76.1 Å². The number of fused-ring (bicyclic) bond motifs is 3. The number of hydrogen-bond acceptors (Lipinski definition) is 25. The Labute approximate surface area is 653 Å². The maximum absolute atomic E-state index is 15.1. The summed E-state index contributed by atoms with van der Waals surface area (Å²) in [6.07, 6.45) is 4.55. The number of amides is 2. The molecule has 0 bridgehead atoms. The number of halogens is 3. The van der Waals surface area contributed by atoms with E-state index < -0.39 is 40.8 Å². The number of benzene rings is 3. The number of anilines is 6. The van der Waals surface area contributed by atoms with E-state index in [1.807, 2.05) is 159 Å². The van der Waals surface area contributed by atoms with Crippen molar-refractivity contribution in [2.24, 2.45) is 5.92 Å². The molecule has 34 heteroatoms. The second kappa shape index (κ2) is 36.9. The van der Waals surface area contributed by atoms with Gasteiger partial charge in [0.05, 0.1) is 68.1 Å². The molecule has 0 aliphatic heterocycles. The predicted molar refractivity (Wildman–Crippen MR) is 429 cm³/mol. The summed E-state index contributed by atoms with van der Waals surface area (Å²) in [4.78, 5) is 83.4. The van der Waals surface area contributed by atoms with Gasteiger partial charge in [-0.05, 0) is 171 Å². The van der Waals surface area contributed by atoms with Gasteiger partial charge in [-0.3, -0.25) is 9.59 Å². The van der Waals surface area contributed by atoms with Crippen LogP contribution in [0.25, 0.3) is 67.7 Å². The van der Waals surface area contributed by atoms with E-state index in [4.69, 9.17) is 30.0 Å². The molecule has 0 aliphatic carbocycles. The average Bonchev–Trinajstić information content (AvgIpc) is 1.78. The van der Waals surface area contributed by atoms with Gasteiger partial charge >= 0.3 is 5.97 Å². The number of nitrogens with one attached hydrogen (secondary N) is 2. The molecule has 0 fully saturated rings. The number of nitrogen functional groups attached to an aromatic ring is 1. The fourth-order valence-corrected chi connectivity index (χ4v) is 11.0. The van der Waals surface area contributed by atoms with Gasteiger partial charge in [0.2, 0.25) is 0 Å². The molecule has 0 spiro atoms. The van der Waals surface area contributed by atoms with Crippen LogP contribution in [0.4, 0.5) is 48.1 Å². The van der Waals surface area contributed by atoms with Crippen molar-refractivity contribution in [3.05, 3.63) is 144 Å². The van der Waals surface area contributed by atoms with Crippen molar-refractivity contribution < 1.29 is 46.9 Å². The number of carbonyl (C=O) groups excluding carboxylic acids is 2. The van der Waals surface area contributed by atoms with Crippen molar-refractivity contribution in [3.63, 3.8) is 0 Å². The summed E-state index contributed by atoms with van der Waals surface area (Å²) in [5.41, 5.74) is 8.58. The van der Waals surface area contributed by atoms with Gasteiger partial charge in [-0.15, -0.1) is 30.6 Å². The van der Waals surface area contributed by atoms with Crippen LogP contribution in [0.3, 0.4) is 0 Å². The van der Waals surface area contributed by atoms with E-state index in [-0.39, 0.29) is 70.8 Å². The van der Waals surface area contributed by atoms with Gasteiger partial charge in [-0.1, -0.05) is 32.0 Å². The first kappa shape index (κ1) is 84.4. The van der Waals surface area contributed by atoms with Crippen LogP contribution in [0.15, 0.2) is 110 Å². The number of aromatic nitrogens is 18. The molecule has 0 saturated carbocycles. The molecule has 113 heavy (non-hydrogen) atoms. The predicted octanol–water partition coefficient (Wildman–Crippen LogP) is 14.6. The van der Waals surface area contributed by atoms with Gasteiger partial charge in [0.25, 0.3) is 29.5 Å². The monoisotopic (exact) mass is 1550 g/mol. The third-order valence-corrected chi connectivity index (χ3v) is 16.9. The van der Waals surface area contributed by atoms with E-state index in [0.717, 1.165) is 24.1 Å². The molecular weight excluding hydrogens is 1450 g/mol. The van der Waals surface area contributed by atoms with Crippen molar-refractivity contribution in [1.29, 1.82) is 0 Å². The van der Waals surface area contributed by atoms with Crippen molar-refractivity contribution in [3.8, 4) is 52.2 Å². The molecule has 5 N–H and O–H groups in total. The van der Waals surface area contributed by atoms with Gasteiger partial charge < -0.3 is 64.1 Å². The normalized spacial score (nSPS) is 11.4. The largest absolute Gasteiger partial charge is 0.478 e. The molecular formula is C79H97F3N24O7. The maximum atomic E-state index is 15.1. The van der Waals surface area contributed by atoms with Gasteiger partial charge in [-0.2, -0.15) is 0 Å². The lowest BCUT2D eigenvalue weighted by atomic mass is 10.1. The van der Waals surface area contributed by atoms with Gasteiger partial charge in [-0.25, -0.2) is 62.8 Å². The number of aromatic carboxylic acids is 1. The summed E-state index contributed by atoms with van der Waals surface area (Å²) < 4.78 is 67.2. The minimum atomic E-state index is -1.34. The van der Waals surface area contributed by atoms with E-state index in [9.17, 15) is 18.8 Å². The number of hydrogen-bond donors (Lipinski definition) is 4. The number of nitrogens with zero attached hydrogens (tertiary/aromatic N) is 21. The van der Waals surface area contributed by atoms with Crippen molar-refractivity contribution in [2.75, 3.05) is 58.8 Å². The molecule has 596 valence electrons. The third kappa shape index (κ3) is 21.1. The highest BCUT2D eigenvalue weighted by Gasteiger charge is 2.26. The second-order valence-electron chi connectivity index (χ2n) is 29.1. The van der Waals surface area contributed by atoms with E-state index >= 15 is 8.78 Å². The Bertz CT molecular complexity index is 5340. The highest BCUT2D eigenvalue weighted by Crippen LogP contribution is 2.34. The van der Waals surface area contributed by atoms with Crippen molar-refractivity contribution in [2.45, 2.75) is 173 Å². The minimum Gasteiger partial charge on any atom is -0.478 e. The Morgan fingerprint density at radius 2 is 0.752 bits per heavy atom. The summed E-state index contributed by atoms with van der Waals surface area (Å²) >= 11 is 0. The standard InChI is InChI=1S/C27H33FN8O2.C26H31FN8O2.C16H20FN3O3.C10H13N5/c1-15(2)13-35(7)25-27(38-17(5)6)32-22-12-19(28)18(11-21(22)31-25)26(37)33-23-10-8-9-20(30-23)24-34-29-14-36(24)16(3)4;1-14(2)34(7)24-26(37-16(5)6)31-21-12-18(27)17(11-20(21)30-24)25(36)32-22-10-8-9-19(29-22)23-33-28-13-35(23)15(3)4;1-8(2)20(5)14-15(23-9(3)4)19-13-7-11(17)10(16(21)22)6-12(13)18-14;1-7(2)15-6-12-14-10(15)8-4-3-5-9(11)13-8/h8-12,14-17H,13H2,1-7H3,(H,30,33,37);8-16H,1-7H3,(H,29,32,36);6-9H,1-5H3,(H,21,22);3-7H,1-2H3,(H2,11,13). The van der Waals surface area contributed by atoms with Crippen molar-refractivity contribution in [1.82, 2.24) is 89.1 Å². The first-order chi connectivity index (χ1) is 53.5. The molecule has 12 aromatic rings. The molecule has 0 radical (unpaired) electrons. The smallest absolute Gasteiger partial charge is 0.338 e. The lowest BCUT2D eigenvalue weighted by Crippen LogP contribution is -2.28. The highest BCUT2D eigenvalue weighted by molar-refractivity contribution is 6.07. The molecule has 2 amide bonds. The summed E-state index contributed by atoms with van der Waals surface area (Å²) in [6.45, 7) is 36.3. The number of rotatable bonds is 24. The van der Waals surface area contributed by atoms with E-state index in [0.29, 0.717) is 103 Å². The Morgan fingerprint density at radius 1 is 0.434 bits per heavy atom. The molecule has 3 aromatic carbocycles. The van der Waals surface area contributed by atoms with Crippen LogP contribution in [0.5, 0.6) is 17.6 Å². The van der Waals surface area contributed by atoms with E-state index in [1.165, 1.54) is 30.3 Å². The molecule has 12 rings (SSSR count). The molecule has 9 heterocycles. The molecule has 0 aliphatic rings. The molecule has 0 saturated heterocycles. The number of carboxylic acid groups (broad SMARTS) is 1. The fourth-order valence-electron chi connectivity index (χ4n) is 11.0. The van der Waals surface area contributed by atoms with Crippen molar-refractivity contribution >= 4 is 85.8 Å². The Kier molecular flexibility index (Phi) is 27.6.